The molecule has 0 fully saturated rings. The molecular weight excluding hydrogens is 324 g/mol. The number of nitrogens with one attached hydrogen (secondary N) is 2. The molecule has 0 amide bonds. The summed E-state index contributed by atoms with van der Waals surface area (Å²) in [5.74, 6) is 0.542. The van der Waals surface area contributed by atoms with Gasteiger partial charge in [0, 0.05) is 10.4 Å². The van der Waals surface area contributed by atoms with Crippen LogP contribution in [-0.4, -0.2) is 42.5 Å². The van der Waals surface area contributed by atoms with E-state index < -0.39 is 10.4 Å². The lowest BCUT2D eigenvalue weighted by Crippen LogP contribution is -2.77. The maximum absolute atomic E-state index is 8.52. The van der Waals surface area contributed by atoms with E-state index in [9.17, 15) is 0 Å². The molecule has 10 nitrogen and oxygen atoms in total. The number of rotatable bonds is 4. The van der Waals surface area contributed by atoms with Gasteiger partial charge in [-0.15, -0.1) is 0 Å². The van der Waals surface area contributed by atoms with Crippen molar-refractivity contribution >= 4 is 22.3 Å². The summed E-state index contributed by atoms with van der Waals surface area (Å²) in [6.07, 6.45) is 4.03. The second-order valence-corrected chi connectivity index (χ2v) is 5.46. The Bertz CT molecular complexity index is 448. The van der Waals surface area contributed by atoms with Crippen LogP contribution in [0.5, 0.6) is 0 Å². The quantitative estimate of drug-likeness (QED) is 0.0947. The minimum atomic E-state index is -5.17. The van der Waals surface area contributed by atoms with Gasteiger partial charge in [-0.1, -0.05) is 23.3 Å². The van der Waals surface area contributed by atoms with Crippen LogP contribution in [0.1, 0.15) is 27.7 Å². The Balaban J connectivity index is -0.000000273. The van der Waals surface area contributed by atoms with Crippen LogP contribution in [0.2, 0.25) is 0 Å². The van der Waals surface area contributed by atoms with Crippen LogP contribution in [0.3, 0.4) is 0 Å². The van der Waals surface area contributed by atoms with Gasteiger partial charge in [-0.2, -0.15) is 0 Å². The van der Waals surface area contributed by atoms with E-state index in [1.807, 2.05) is 39.8 Å². The molecule has 0 saturated heterocycles. The molecule has 0 radical (unpaired) electrons. The van der Waals surface area contributed by atoms with E-state index in [-0.39, 0.29) is 11.9 Å². The Morgan fingerprint density at radius 2 is 1.04 bits per heavy atom. The van der Waals surface area contributed by atoms with Gasteiger partial charge >= 0.3 is 11.9 Å². The van der Waals surface area contributed by atoms with Crippen molar-refractivity contribution in [2.75, 3.05) is 13.1 Å². The normalized spacial score (nSPS) is 8.96. The summed E-state index contributed by atoms with van der Waals surface area (Å²) in [6, 6.07) is 0. The largest absolute Gasteiger partial charge is 0.759 e. The highest BCUT2D eigenvalue weighted by Crippen LogP contribution is 1.82. The van der Waals surface area contributed by atoms with Gasteiger partial charge in [0.15, 0.2) is 0 Å². The van der Waals surface area contributed by atoms with Gasteiger partial charge in [0.05, 0.1) is 13.1 Å². The summed E-state index contributed by atoms with van der Waals surface area (Å²) in [5, 5.41) is 0. The van der Waals surface area contributed by atoms with Crippen LogP contribution in [-0.2, 0) is 10.4 Å². The van der Waals surface area contributed by atoms with Crippen molar-refractivity contribution in [3.05, 3.63) is 23.3 Å². The molecule has 0 spiro atoms. The average Bonchev–Trinajstić information content (AvgIpc) is 2.25. The Morgan fingerprint density at radius 3 is 1.17 bits per heavy atom. The maximum atomic E-state index is 8.52. The van der Waals surface area contributed by atoms with Crippen LogP contribution >= 0.6 is 0 Å². The standard InChI is InChI=1S/2C6H13N3.H2O4S/c2*1-5(2)3-4-9-6(7)8;1-5(2,3)4/h2*3H,4H2,1-2H3,(H4,7,8,9);(H2,1,2,3,4). The summed E-state index contributed by atoms with van der Waals surface area (Å²) in [5.41, 5.74) is 23.0. The Hall–Kier alpha value is -2.11. The molecule has 136 valence electrons. The average molecular weight is 352 g/mol. The zero-order chi connectivity index (χ0) is 19.1. The summed E-state index contributed by atoms with van der Waals surface area (Å²) in [6.45, 7) is 9.51. The smallest absolute Gasteiger partial charge is 0.339 e. The van der Waals surface area contributed by atoms with E-state index in [4.69, 9.17) is 40.5 Å². The molecule has 0 aliphatic rings. The molecule has 0 atom stereocenters. The van der Waals surface area contributed by atoms with Crippen molar-refractivity contribution in [3.8, 4) is 0 Å². The minimum Gasteiger partial charge on any atom is -0.759 e. The van der Waals surface area contributed by atoms with E-state index >= 15 is 0 Å². The molecule has 0 rings (SSSR count). The fraction of sp³-hybridized carbons (Fsp3) is 0.500. The zero-order valence-electron chi connectivity index (χ0n) is 13.9. The predicted molar refractivity (Wildman–Crippen MR) is 87.8 cm³/mol. The first-order valence-electron chi connectivity index (χ1n) is 6.42. The lowest BCUT2D eigenvalue weighted by Gasteiger charge is -2.06. The van der Waals surface area contributed by atoms with Crippen molar-refractivity contribution in [3.63, 3.8) is 0 Å². The Labute approximate surface area is 137 Å². The molecule has 0 saturated carbocycles. The predicted octanol–water partition coefficient (Wildman–Crippen LogP) is -4.72. The second-order valence-electron chi connectivity index (χ2n) is 4.64. The van der Waals surface area contributed by atoms with Crippen molar-refractivity contribution in [1.29, 1.82) is 0 Å². The topological polar surface area (TPSA) is 212 Å². The van der Waals surface area contributed by atoms with E-state index in [0.29, 0.717) is 13.1 Å². The first-order chi connectivity index (χ1) is 10.3. The van der Waals surface area contributed by atoms with Crippen LogP contribution in [0.15, 0.2) is 23.3 Å². The maximum Gasteiger partial charge on any atom is 0.339 e. The molecule has 0 aromatic carbocycles. The van der Waals surface area contributed by atoms with Gasteiger partial charge in [0.2, 0.25) is 0 Å². The molecule has 0 aromatic heterocycles. The van der Waals surface area contributed by atoms with E-state index in [2.05, 4.69) is 9.98 Å². The van der Waals surface area contributed by atoms with Gasteiger partial charge in [-0.3, -0.25) is 41.3 Å². The van der Waals surface area contributed by atoms with Crippen molar-refractivity contribution < 1.29 is 27.5 Å². The highest BCUT2D eigenvalue weighted by molar-refractivity contribution is 7.79. The van der Waals surface area contributed by atoms with Gasteiger partial charge in [0.25, 0.3) is 0 Å². The van der Waals surface area contributed by atoms with Gasteiger partial charge in [-0.25, -0.2) is 0 Å². The molecule has 0 aliphatic carbocycles. The summed E-state index contributed by atoms with van der Waals surface area (Å²) < 4.78 is 34.1. The molecule has 0 unspecified atom stereocenters. The fourth-order valence-corrected chi connectivity index (χ4v) is 0.746. The monoisotopic (exact) mass is 352 g/mol. The minimum absolute atomic E-state index is 0.271. The molecule has 11 heteroatoms. The third kappa shape index (κ3) is 65.1. The number of hydrogen-bond donors (Lipinski definition) is 6. The number of hydrogen-bond acceptors (Lipinski definition) is 4. The summed E-state index contributed by atoms with van der Waals surface area (Å²) in [4.78, 5) is 5.55. The fourth-order valence-electron chi connectivity index (χ4n) is 0.746. The summed E-state index contributed by atoms with van der Waals surface area (Å²) in [7, 11) is -5.17. The Kier molecular flexibility index (Phi) is 16.6. The van der Waals surface area contributed by atoms with Crippen LogP contribution in [0, 0.1) is 0 Å². The molecule has 10 N–H and O–H groups in total. The molecule has 0 aliphatic heterocycles. The van der Waals surface area contributed by atoms with Crippen molar-refractivity contribution in [1.82, 2.24) is 0 Å². The number of allylic oxidation sites excluding steroid dienone is 2. The number of guanidine groups is 2. The van der Waals surface area contributed by atoms with Crippen LogP contribution < -0.4 is 32.9 Å². The highest BCUT2D eigenvalue weighted by atomic mass is 32.3. The molecule has 0 heterocycles. The first-order valence-corrected chi connectivity index (χ1v) is 7.76. The lowest BCUT2D eigenvalue weighted by atomic mass is 10.3. The molecular formula is C12H28N6O4S. The van der Waals surface area contributed by atoms with Crippen molar-refractivity contribution in [2.45, 2.75) is 27.7 Å². The first kappa shape index (κ1) is 25.8. The summed E-state index contributed by atoms with van der Waals surface area (Å²) >= 11 is 0. The van der Waals surface area contributed by atoms with Gasteiger partial charge < -0.3 is 9.11 Å². The Morgan fingerprint density at radius 1 is 0.826 bits per heavy atom. The molecule has 0 bridgehead atoms. The van der Waals surface area contributed by atoms with E-state index in [0.717, 1.165) is 0 Å². The zero-order valence-corrected chi connectivity index (χ0v) is 14.7. The van der Waals surface area contributed by atoms with Gasteiger partial charge in [-0.05, 0) is 27.7 Å². The lowest BCUT2D eigenvalue weighted by molar-refractivity contribution is -0.447. The van der Waals surface area contributed by atoms with Crippen LogP contribution in [0.25, 0.3) is 0 Å². The third-order valence-electron chi connectivity index (χ3n) is 1.63. The third-order valence-corrected chi connectivity index (χ3v) is 1.63. The van der Waals surface area contributed by atoms with E-state index in [1.54, 1.807) is 0 Å². The van der Waals surface area contributed by atoms with Crippen LogP contribution in [0.4, 0.5) is 0 Å². The molecule has 23 heavy (non-hydrogen) atoms. The SMILES string of the molecule is CC(C)=CC[NH+]=C(N)N.CC(C)=CC[NH+]=C(N)N.O=S(=O)([O-])[O-]. The van der Waals surface area contributed by atoms with Crippen molar-refractivity contribution in [2.24, 2.45) is 22.9 Å². The molecule has 0 aromatic rings. The van der Waals surface area contributed by atoms with Gasteiger partial charge in [0.1, 0.15) is 0 Å². The highest BCUT2D eigenvalue weighted by Gasteiger charge is 1.82. The second kappa shape index (κ2) is 14.8. The van der Waals surface area contributed by atoms with E-state index in [1.165, 1.54) is 11.1 Å². The number of nitrogens with two attached hydrogens (primary N) is 4.